The minimum atomic E-state index is 0.0394. The van der Waals surface area contributed by atoms with Crippen molar-refractivity contribution in [2.45, 2.75) is 57.9 Å². The number of amides is 1. The average Bonchev–Trinajstić information content (AvgIpc) is 2.76. The molecule has 2 heterocycles. The molecule has 0 bridgehead atoms. The van der Waals surface area contributed by atoms with Gasteiger partial charge in [0.05, 0.1) is 6.04 Å². The predicted molar refractivity (Wildman–Crippen MR) is 82.7 cm³/mol. The zero-order chi connectivity index (χ0) is 14.2. The van der Waals surface area contributed by atoms with Crippen LogP contribution in [-0.2, 0) is 4.79 Å². The summed E-state index contributed by atoms with van der Waals surface area (Å²) in [6, 6.07) is 0.0394. The number of nitrogens with zero attached hydrogens (tertiary/aromatic N) is 1. The Balaban J connectivity index is 1.64. The molecule has 2 atom stereocenters. The van der Waals surface area contributed by atoms with Gasteiger partial charge in [0.25, 0.3) is 0 Å². The van der Waals surface area contributed by atoms with Crippen LogP contribution in [0.25, 0.3) is 0 Å². The van der Waals surface area contributed by atoms with Crippen molar-refractivity contribution in [2.24, 2.45) is 5.92 Å². The summed E-state index contributed by atoms with van der Waals surface area (Å²) in [6.45, 7) is 7.35. The number of piperidine rings is 1. The first-order chi connectivity index (χ1) is 9.77. The molecule has 1 amide bonds. The van der Waals surface area contributed by atoms with Gasteiger partial charge in [0.15, 0.2) is 0 Å². The molecule has 2 fully saturated rings. The van der Waals surface area contributed by atoms with Gasteiger partial charge in [0, 0.05) is 6.54 Å². The lowest BCUT2D eigenvalue weighted by molar-refractivity contribution is -0.125. The SMILES string of the molecule is CC(C(=O)NCCC1CCCNC1)N1CCCCCC1. The Kier molecular flexibility index (Phi) is 6.80. The second kappa shape index (κ2) is 8.63. The number of nitrogens with one attached hydrogen (secondary N) is 2. The molecule has 2 rings (SSSR count). The quantitative estimate of drug-likeness (QED) is 0.807. The molecular weight excluding hydrogens is 250 g/mol. The number of carbonyl (C=O) groups excluding carboxylic acids is 1. The maximum Gasteiger partial charge on any atom is 0.237 e. The fraction of sp³-hybridized carbons (Fsp3) is 0.938. The smallest absolute Gasteiger partial charge is 0.237 e. The molecule has 2 saturated heterocycles. The van der Waals surface area contributed by atoms with E-state index in [0.717, 1.165) is 45.1 Å². The second-order valence-corrected chi connectivity index (χ2v) is 6.42. The molecule has 0 aromatic rings. The van der Waals surface area contributed by atoms with Crippen molar-refractivity contribution in [3.8, 4) is 0 Å². The highest BCUT2D eigenvalue weighted by molar-refractivity contribution is 5.81. The highest BCUT2D eigenvalue weighted by atomic mass is 16.2. The number of hydrogen-bond acceptors (Lipinski definition) is 3. The van der Waals surface area contributed by atoms with Crippen molar-refractivity contribution in [3.63, 3.8) is 0 Å². The van der Waals surface area contributed by atoms with Crippen LogP contribution >= 0.6 is 0 Å². The zero-order valence-corrected chi connectivity index (χ0v) is 13.0. The third-order valence-corrected chi connectivity index (χ3v) is 4.82. The minimum Gasteiger partial charge on any atom is -0.355 e. The van der Waals surface area contributed by atoms with Crippen LogP contribution in [0.2, 0.25) is 0 Å². The van der Waals surface area contributed by atoms with E-state index in [2.05, 4.69) is 22.5 Å². The fourth-order valence-electron chi connectivity index (χ4n) is 3.37. The van der Waals surface area contributed by atoms with Crippen LogP contribution in [0, 0.1) is 5.92 Å². The monoisotopic (exact) mass is 281 g/mol. The van der Waals surface area contributed by atoms with Crippen LogP contribution in [0.15, 0.2) is 0 Å². The molecule has 20 heavy (non-hydrogen) atoms. The van der Waals surface area contributed by atoms with E-state index in [9.17, 15) is 4.79 Å². The maximum atomic E-state index is 12.2. The highest BCUT2D eigenvalue weighted by Crippen LogP contribution is 2.14. The van der Waals surface area contributed by atoms with E-state index in [1.165, 1.54) is 38.5 Å². The summed E-state index contributed by atoms with van der Waals surface area (Å²) in [5, 5.41) is 6.57. The average molecular weight is 281 g/mol. The summed E-state index contributed by atoms with van der Waals surface area (Å²) in [4.78, 5) is 14.6. The normalized spacial score (nSPS) is 26.8. The van der Waals surface area contributed by atoms with Crippen LogP contribution in [0.3, 0.4) is 0 Å². The van der Waals surface area contributed by atoms with E-state index < -0.39 is 0 Å². The van der Waals surface area contributed by atoms with Gasteiger partial charge in [-0.05, 0) is 71.1 Å². The Labute approximate surface area is 123 Å². The first-order valence-corrected chi connectivity index (χ1v) is 8.50. The molecule has 0 aromatic carbocycles. The van der Waals surface area contributed by atoms with Crippen molar-refractivity contribution < 1.29 is 4.79 Å². The number of likely N-dealkylation sites (tertiary alicyclic amines) is 1. The van der Waals surface area contributed by atoms with E-state index in [4.69, 9.17) is 0 Å². The third-order valence-electron chi connectivity index (χ3n) is 4.82. The summed E-state index contributed by atoms with van der Waals surface area (Å²) in [7, 11) is 0. The van der Waals surface area contributed by atoms with Crippen molar-refractivity contribution >= 4 is 5.91 Å². The van der Waals surface area contributed by atoms with Gasteiger partial charge in [-0.1, -0.05) is 12.8 Å². The molecule has 116 valence electrons. The van der Waals surface area contributed by atoms with Crippen molar-refractivity contribution in [2.75, 3.05) is 32.7 Å². The lowest BCUT2D eigenvalue weighted by atomic mass is 9.96. The van der Waals surface area contributed by atoms with Gasteiger partial charge in [0.2, 0.25) is 5.91 Å². The molecule has 2 aliphatic rings. The summed E-state index contributed by atoms with van der Waals surface area (Å²) in [5.74, 6) is 0.966. The van der Waals surface area contributed by atoms with Gasteiger partial charge in [-0.15, -0.1) is 0 Å². The van der Waals surface area contributed by atoms with Crippen LogP contribution < -0.4 is 10.6 Å². The van der Waals surface area contributed by atoms with Gasteiger partial charge in [-0.2, -0.15) is 0 Å². The Bertz CT molecular complexity index is 281. The molecule has 2 N–H and O–H groups in total. The van der Waals surface area contributed by atoms with Crippen LogP contribution in [-0.4, -0.2) is 49.6 Å². The molecule has 0 aromatic heterocycles. The van der Waals surface area contributed by atoms with Gasteiger partial charge in [-0.25, -0.2) is 0 Å². The number of carbonyl (C=O) groups is 1. The van der Waals surface area contributed by atoms with Gasteiger partial charge >= 0.3 is 0 Å². The lowest BCUT2D eigenvalue weighted by Crippen LogP contribution is -2.46. The van der Waals surface area contributed by atoms with Gasteiger partial charge in [0.1, 0.15) is 0 Å². The van der Waals surface area contributed by atoms with E-state index >= 15 is 0 Å². The molecule has 0 saturated carbocycles. The minimum absolute atomic E-state index is 0.0394. The van der Waals surface area contributed by atoms with Crippen molar-refractivity contribution in [1.82, 2.24) is 15.5 Å². The first-order valence-electron chi connectivity index (χ1n) is 8.50. The molecule has 2 unspecified atom stereocenters. The lowest BCUT2D eigenvalue weighted by Gasteiger charge is -2.27. The summed E-state index contributed by atoms with van der Waals surface area (Å²) >= 11 is 0. The Morgan fingerprint density at radius 1 is 1.25 bits per heavy atom. The Hall–Kier alpha value is -0.610. The van der Waals surface area contributed by atoms with Crippen LogP contribution in [0.4, 0.5) is 0 Å². The van der Waals surface area contributed by atoms with E-state index in [1.807, 2.05) is 0 Å². The second-order valence-electron chi connectivity index (χ2n) is 6.42. The molecule has 2 aliphatic heterocycles. The highest BCUT2D eigenvalue weighted by Gasteiger charge is 2.22. The Morgan fingerprint density at radius 3 is 2.65 bits per heavy atom. The first kappa shape index (κ1) is 15.8. The number of hydrogen-bond donors (Lipinski definition) is 2. The van der Waals surface area contributed by atoms with Crippen molar-refractivity contribution in [1.29, 1.82) is 0 Å². The Morgan fingerprint density at radius 2 is 2.00 bits per heavy atom. The van der Waals surface area contributed by atoms with E-state index in [1.54, 1.807) is 0 Å². The largest absolute Gasteiger partial charge is 0.355 e. The summed E-state index contributed by atoms with van der Waals surface area (Å²) < 4.78 is 0. The fourth-order valence-corrected chi connectivity index (χ4v) is 3.37. The molecule has 0 radical (unpaired) electrons. The summed E-state index contributed by atoms with van der Waals surface area (Å²) in [6.07, 6.45) is 8.83. The van der Waals surface area contributed by atoms with E-state index in [0.29, 0.717) is 0 Å². The van der Waals surface area contributed by atoms with E-state index in [-0.39, 0.29) is 11.9 Å². The van der Waals surface area contributed by atoms with Crippen LogP contribution in [0.1, 0.15) is 51.9 Å². The molecule has 4 heteroatoms. The molecular formula is C16H31N3O. The van der Waals surface area contributed by atoms with Crippen molar-refractivity contribution in [3.05, 3.63) is 0 Å². The maximum absolute atomic E-state index is 12.2. The van der Waals surface area contributed by atoms with Gasteiger partial charge < -0.3 is 10.6 Å². The predicted octanol–water partition coefficient (Wildman–Crippen LogP) is 1.76. The van der Waals surface area contributed by atoms with Crippen LogP contribution in [0.5, 0.6) is 0 Å². The van der Waals surface area contributed by atoms with Gasteiger partial charge in [-0.3, -0.25) is 9.69 Å². The number of rotatable bonds is 5. The summed E-state index contributed by atoms with van der Waals surface area (Å²) in [5.41, 5.74) is 0. The topological polar surface area (TPSA) is 44.4 Å². The third kappa shape index (κ3) is 5.06. The molecule has 0 spiro atoms. The standard InChI is InChI=1S/C16H31N3O/c1-14(19-11-4-2-3-5-12-19)16(20)18-10-8-15-7-6-9-17-13-15/h14-15,17H,2-13H2,1H3,(H,18,20). The molecule has 4 nitrogen and oxygen atoms in total. The molecule has 0 aliphatic carbocycles. The zero-order valence-electron chi connectivity index (χ0n) is 13.0.